The van der Waals surface area contributed by atoms with Crippen molar-refractivity contribution >= 4 is 39.5 Å². The van der Waals surface area contributed by atoms with Gasteiger partial charge < -0.3 is 10.6 Å². The maximum atomic E-state index is 12.7. The van der Waals surface area contributed by atoms with E-state index in [0.29, 0.717) is 18.0 Å². The number of anilines is 1. The van der Waals surface area contributed by atoms with E-state index < -0.39 is 0 Å². The van der Waals surface area contributed by atoms with Gasteiger partial charge in [0.15, 0.2) is 5.13 Å². The zero-order valence-electron chi connectivity index (χ0n) is 15.0. The largest absolute Gasteiger partial charge is 0.361 e. The molecule has 2 heterocycles. The number of carbonyl (C=O) groups is 2. The Hall–Kier alpha value is -2.51. The van der Waals surface area contributed by atoms with Gasteiger partial charge in [-0.05, 0) is 29.9 Å². The van der Waals surface area contributed by atoms with Crippen molar-refractivity contribution in [2.45, 2.75) is 19.8 Å². The van der Waals surface area contributed by atoms with E-state index in [-0.39, 0.29) is 11.7 Å². The van der Waals surface area contributed by atoms with Crippen LogP contribution in [0.1, 0.15) is 43.8 Å². The molecule has 0 unspecified atom stereocenters. The van der Waals surface area contributed by atoms with Gasteiger partial charge in [0.1, 0.15) is 0 Å². The monoisotopic (exact) mass is 399 g/mol. The Bertz CT molecular complexity index is 904. The van der Waals surface area contributed by atoms with Crippen LogP contribution in [0.25, 0.3) is 0 Å². The van der Waals surface area contributed by atoms with Crippen LogP contribution >= 0.6 is 22.7 Å². The molecule has 140 valence electrons. The van der Waals surface area contributed by atoms with Crippen LogP contribution in [-0.4, -0.2) is 29.8 Å². The van der Waals surface area contributed by atoms with Crippen LogP contribution in [0.5, 0.6) is 0 Å². The second-order valence-electron chi connectivity index (χ2n) is 5.88. The third-order valence-corrected chi connectivity index (χ3v) is 5.86. The van der Waals surface area contributed by atoms with Crippen molar-refractivity contribution in [2.24, 2.45) is 0 Å². The van der Waals surface area contributed by atoms with Crippen molar-refractivity contribution < 1.29 is 9.59 Å². The number of aryl methyl sites for hydroxylation is 1. The van der Waals surface area contributed by atoms with Crippen molar-refractivity contribution in [3.8, 4) is 0 Å². The summed E-state index contributed by atoms with van der Waals surface area (Å²) in [5, 5.41) is 8.71. The number of nitrogens with one attached hydrogen (secondary N) is 2. The Labute approximate surface area is 166 Å². The van der Waals surface area contributed by atoms with Gasteiger partial charge in [-0.3, -0.25) is 9.59 Å². The molecule has 27 heavy (non-hydrogen) atoms. The molecule has 0 bridgehead atoms. The van der Waals surface area contributed by atoms with E-state index in [1.165, 1.54) is 22.7 Å². The van der Waals surface area contributed by atoms with Gasteiger partial charge in [0, 0.05) is 18.7 Å². The lowest BCUT2D eigenvalue weighted by Crippen LogP contribution is -2.25. The van der Waals surface area contributed by atoms with Crippen molar-refractivity contribution in [3.63, 3.8) is 0 Å². The number of rotatable bonds is 9. The average molecular weight is 400 g/mol. The van der Waals surface area contributed by atoms with Crippen LogP contribution in [0.15, 0.2) is 48.0 Å². The van der Waals surface area contributed by atoms with Crippen molar-refractivity contribution in [1.82, 2.24) is 10.3 Å². The summed E-state index contributed by atoms with van der Waals surface area (Å²) in [5.74, 6) is -0.0251. The minimum atomic E-state index is -0.0401. The fraction of sp³-hybridized carbons (Fsp3) is 0.250. The molecule has 0 saturated carbocycles. The molecule has 0 radical (unpaired) electrons. The first-order valence-electron chi connectivity index (χ1n) is 8.83. The number of thiophene rings is 1. The number of hydrogen-bond donors (Lipinski definition) is 2. The van der Waals surface area contributed by atoms with Crippen LogP contribution in [0, 0.1) is 0 Å². The third-order valence-electron chi connectivity index (χ3n) is 4.03. The molecule has 3 aromatic rings. The van der Waals surface area contributed by atoms with Gasteiger partial charge in [0.25, 0.3) is 5.91 Å². The van der Waals surface area contributed by atoms with E-state index in [1.54, 1.807) is 6.20 Å². The predicted octanol–water partition coefficient (Wildman–Crippen LogP) is 4.23. The lowest BCUT2D eigenvalue weighted by atomic mass is 10.0. The molecule has 7 heteroatoms. The van der Waals surface area contributed by atoms with E-state index in [1.807, 2.05) is 48.7 Å². The summed E-state index contributed by atoms with van der Waals surface area (Å²) in [6.45, 7) is 3.31. The number of thiazole rings is 1. The van der Waals surface area contributed by atoms with Gasteiger partial charge in [-0.2, -0.15) is 0 Å². The van der Waals surface area contributed by atoms with Gasteiger partial charge in [-0.25, -0.2) is 4.98 Å². The summed E-state index contributed by atoms with van der Waals surface area (Å²) in [6.07, 6.45) is 3.22. The molecule has 0 atom stereocenters. The van der Waals surface area contributed by atoms with Gasteiger partial charge >= 0.3 is 0 Å². The molecule has 1 aromatic carbocycles. The SMILES string of the molecule is CCc1ccccc1C(=O)c1cnc(NCCCNC(=O)c2cccs2)s1. The highest BCUT2D eigenvalue weighted by atomic mass is 32.1. The normalized spacial score (nSPS) is 10.6. The lowest BCUT2D eigenvalue weighted by Gasteiger charge is -2.05. The first kappa shape index (κ1) is 19.3. The molecule has 0 saturated heterocycles. The number of amides is 1. The highest BCUT2D eigenvalue weighted by molar-refractivity contribution is 7.17. The molecule has 0 aliphatic carbocycles. The first-order valence-corrected chi connectivity index (χ1v) is 10.5. The lowest BCUT2D eigenvalue weighted by molar-refractivity contribution is 0.0957. The van der Waals surface area contributed by atoms with Crippen LogP contribution < -0.4 is 10.6 Å². The fourth-order valence-electron chi connectivity index (χ4n) is 2.62. The zero-order valence-corrected chi connectivity index (χ0v) is 16.7. The van der Waals surface area contributed by atoms with Gasteiger partial charge in [-0.15, -0.1) is 11.3 Å². The van der Waals surface area contributed by atoms with E-state index >= 15 is 0 Å². The molecular weight excluding hydrogens is 378 g/mol. The van der Waals surface area contributed by atoms with Crippen LogP contribution in [0.3, 0.4) is 0 Å². The van der Waals surface area contributed by atoms with Crippen LogP contribution in [0.4, 0.5) is 5.13 Å². The first-order chi connectivity index (χ1) is 13.2. The van der Waals surface area contributed by atoms with Gasteiger partial charge in [-0.1, -0.05) is 48.6 Å². The fourth-order valence-corrected chi connectivity index (χ4v) is 4.06. The molecular formula is C20H21N3O2S2. The average Bonchev–Trinajstić information content (AvgIpc) is 3.39. The zero-order chi connectivity index (χ0) is 19.1. The quantitative estimate of drug-likeness (QED) is 0.417. The maximum absolute atomic E-state index is 12.7. The number of carbonyl (C=O) groups excluding carboxylic acids is 2. The molecule has 2 N–H and O–H groups in total. The van der Waals surface area contributed by atoms with Crippen molar-refractivity contribution in [3.05, 3.63) is 68.9 Å². The molecule has 0 aliphatic rings. The number of benzene rings is 1. The van der Waals surface area contributed by atoms with Gasteiger partial charge in [0.05, 0.1) is 16.0 Å². The number of aromatic nitrogens is 1. The Balaban J connectivity index is 1.47. The van der Waals surface area contributed by atoms with Crippen LogP contribution in [-0.2, 0) is 6.42 Å². The standard InChI is InChI=1S/C20H21N3O2S2/c1-2-14-7-3-4-8-15(14)18(24)17-13-23-20(27-17)22-11-6-10-21-19(25)16-9-5-12-26-16/h3-5,7-9,12-13H,2,6,10-11H2,1H3,(H,21,25)(H,22,23). The van der Waals surface area contributed by atoms with E-state index in [2.05, 4.69) is 15.6 Å². The minimum Gasteiger partial charge on any atom is -0.361 e. The van der Waals surface area contributed by atoms with Gasteiger partial charge in [0.2, 0.25) is 5.78 Å². The summed E-state index contributed by atoms with van der Waals surface area (Å²) < 4.78 is 0. The Morgan fingerprint density at radius 2 is 1.93 bits per heavy atom. The highest BCUT2D eigenvalue weighted by Gasteiger charge is 2.15. The number of hydrogen-bond acceptors (Lipinski definition) is 6. The summed E-state index contributed by atoms with van der Waals surface area (Å²) in [5.41, 5.74) is 1.79. The number of ketones is 1. The molecule has 5 nitrogen and oxygen atoms in total. The third kappa shape index (κ3) is 5.02. The minimum absolute atomic E-state index is 0.0150. The van der Waals surface area contributed by atoms with E-state index in [9.17, 15) is 9.59 Å². The second-order valence-corrected chi connectivity index (χ2v) is 7.86. The van der Waals surface area contributed by atoms with E-state index in [4.69, 9.17) is 0 Å². The summed E-state index contributed by atoms with van der Waals surface area (Å²) in [7, 11) is 0. The van der Waals surface area contributed by atoms with Crippen molar-refractivity contribution in [2.75, 3.05) is 18.4 Å². The number of nitrogens with zero attached hydrogens (tertiary/aromatic N) is 1. The molecule has 2 aromatic heterocycles. The molecule has 0 aliphatic heterocycles. The Kier molecular flexibility index (Phi) is 6.73. The van der Waals surface area contributed by atoms with Crippen LogP contribution in [0.2, 0.25) is 0 Å². The molecule has 0 spiro atoms. The molecule has 3 rings (SSSR count). The summed E-state index contributed by atoms with van der Waals surface area (Å²) in [6, 6.07) is 11.4. The predicted molar refractivity (Wildman–Crippen MR) is 111 cm³/mol. The molecule has 0 fully saturated rings. The topological polar surface area (TPSA) is 71.1 Å². The Morgan fingerprint density at radius 3 is 2.70 bits per heavy atom. The van der Waals surface area contributed by atoms with E-state index in [0.717, 1.165) is 34.0 Å². The second kappa shape index (κ2) is 9.43. The van der Waals surface area contributed by atoms with Crippen molar-refractivity contribution in [1.29, 1.82) is 0 Å². The summed E-state index contributed by atoms with van der Waals surface area (Å²) in [4.78, 5) is 30.2. The maximum Gasteiger partial charge on any atom is 0.261 e. The smallest absolute Gasteiger partial charge is 0.261 e. The summed E-state index contributed by atoms with van der Waals surface area (Å²) >= 11 is 2.79. The Morgan fingerprint density at radius 1 is 1.07 bits per heavy atom. The highest BCUT2D eigenvalue weighted by Crippen LogP contribution is 2.23. The molecule has 1 amide bonds.